The number of aromatic nitrogens is 1. The average Bonchev–Trinajstić information content (AvgIpc) is 2.94. The number of nitrogens with zero attached hydrogens (tertiary/aromatic N) is 2. The molecule has 1 atom stereocenters. The summed E-state index contributed by atoms with van der Waals surface area (Å²) in [4.78, 5) is 16.5. The lowest BCUT2D eigenvalue weighted by Crippen LogP contribution is -2.40. The van der Waals surface area contributed by atoms with E-state index in [9.17, 15) is 13.2 Å². The van der Waals surface area contributed by atoms with Gasteiger partial charge < -0.3 is 4.90 Å². The van der Waals surface area contributed by atoms with Crippen molar-refractivity contribution in [3.63, 3.8) is 0 Å². The SMILES string of the molecule is Cc1ccc(S(=O)(=O)Cn2c(C3c4ccccc4CCN3c3ccccc3)cc3ccccc3c2=O)cc1. The molecule has 4 aromatic carbocycles. The highest BCUT2D eigenvalue weighted by molar-refractivity contribution is 7.90. The largest absolute Gasteiger partial charge is 0.359 e. The second-order valence-electron chi connectivity index (χ2n) is 9.83. The highest BCUT2D eigenvalue weighted by Crippen LogP contribution is 2.39. The van der Waals surface area contributed by atoms with E-state index in [2.05, 4.69) is 29.2 Å². The molecule has 190 valence electrons. The summed E-state index contributed by atoms with van der Waals surface area (Å²) in [6, 6.07) is 34.2. The summed E-state index contributed by atoms with van der Waals surface area (Å²) in [6.45, 7) is 2.67. The van der Waals surface area contributed by atoms with Gasteiger partial charge in [0, 0.05) is 23.3 Å². The van der Waals surface area contributed by atoms with Crippen molar-refractivity contribution >= 4 is 26.3 Å². The Bertz CT molecular complexity index is 1790. The van der Waals surface area contributed by atoms with Crippen molar-refractivity contribution in [1.82, 2.24) is 4.57 Å². The van der Waals surface area contributed by atoms with Crippen LogP contribution in [0.25, 0.3) is 10.8 Å². The number of hydrogen-bond acceptors (Lipinski definition) is 4. The van der Waals surface area contributed by atoms with Gasteiger partial charge in [-0.2, -0.15) is 0 Å². The lowest BCUT2D eigenvalue weighted by molar-refractivity contribution is 0.566. The zero-order valence-electron chi connectivity index (χ0n) is 21.1. The minimum atomic E-state index is -3.80. The van der Waals surface area contributed by atoms with Gasteiger partial charge in [0.1, 0.15) is 5.88 Å². The van der Waals surface area contributed by atoms with Crippen molar-refractivity contribution < 1.29 is 8.42 Å². The van der Waals surface area contributed by atoms with E-state index in [-0.39, 0.29) is 16.5 Å². The van der Waals surface area contributed by atoms with Gasteiger partial charge in [0.15, 0.2) is 9.84 Å². The van der Waals surface area contributed by atoms with Crippen LogP contribution < -0.4 is 10.5 Å². The molecular formula is C32H28N2O3S. The fraction of sp³-hybridized carbons (Fsp3) is 0.156. The Balaban J connectivity index is 1.61. The van der Waals surface area contributed by atoms with Crippen molar-refractivity contribution in [2.75, 3.05) is 11.4 Å². The summed E-state index contributed by atoms with van der Waals surface area (Å²) in [5.74, 6) is -0.434. The van der Waals surface area contributed by atoms with Crippen molar-refractivity contribution in [3.8, 4) is 0 Å². The lowest BCUT2D eigenvalue weighted by Gasteiger charge is -2.40. The van der Waals surface area contributed by atoms with Crippen LogP contribution in [0.1, 0.15) is 28.4 Å². The normalized spacial score (nSPS) is 15.4. The molecule has 1 aromatic heterocycles. The van der Waals surface area contributed by atoms with E-state index in [0.717, 1.165) is 35.2 Å². The zero-order valence-corrected chi connectivity index (χ0v) is 21.9. The van der Waals surface area contributed by atoms with Crippen LogP contribution in [0.3, 0.4) is 0 Å². The van der Waals surface area contributed by atoms with E-state index in [1.165, 1.54) is 10.1 Å². The van der Waals surface area contributed by atoms with Crippen LogP contribution in [-0.4, -0.2) is 19.5 Å². The van der Waals surface area contributed by atoms with E-state index in [4.69, 9.17) is 0 Å². The molecule has 2 heterocycles. The molecule has 0 spiro atoms. The molecule has 0 fully saturated rings. The summed E-state index contributed by atoms with van der Waals surface area (Å²) in [5, 5.41) is 1.30. The minimum absolute atomic E-state index is 0.207. The molecular weight excluding hydrogens is 492 g/mol. The molecule has 5 aromatic rings. The minimum Gasteiger partial charge on any atom is -0.359 e. The van der Waals surface area contributed by atoms with E-state index >= 15 is 0 Å². The molecule has 5 nitrogen and oxygen atoms in total. The quantitative estimate of drug-likeness (QED) is 0.290. The maximum absolute atomic E-state index is 14.0. The highest BCUT2D eigenvalue weighted by Gasteiger charge is 2.32. The first-order valence-electron chi connectivity index (χ1n) is 12.7. The molecule has 0 N–H and O–H groups in total. The fourth-order valence-corrected chi connectivity index (χ4v) is 6.76. The van der Waals surface area contributed by atoms with Crippen LogP contribution in [0, 0.1) is 6.92 Å². The van der Waals surface area contributed by atoms with Gasteiger partial charge in [-0.25, -0.2) is 8.42 Å². The molecule has 0 radical (unpaired) electrons. The third-order valence-corrected chi connectivity index (χ3v) is 8.97. The number of hydrogen-bond donors (Lipinski definition) is 0. The molecule has 1 aliphatic rings. The maximum Gasteiger partial charge on any atom is 0.259 e. The van der Waals surface area contributed by atoms with Crippen molar-refractivity contribution in [2.24, 2.45) is 0 Å². The van der Waals surface area contributed by atoms with Gasteiger partial charge in [0.25, 0.3) is 5.56 Å². The van der Waals surface area contributed by atoms with Gasteiger partial charge in [-0.05, 0) is 66.3 Å². The van der Waals surface area contributed by atoms with Crippen molar-refractivity contribution in [2.45, 2.75) is 30.2 Å². The molecule has 38 heavy (non-hydrogen) atoms. The third-order valence-electron chi connectivity index (χ3n) is 7.38. The second-order valence-corrected chi connectivity index (χ2v) is 11.8. The molecule has 6 heteroatoms. The molecule has 0 saturated heterocycles. The summed E-state index contributed by atoms with van der Waals surface area (Å²) in [7, 11) is -3.80. The van der Waals surface area contributed by atoms with Crippen LogP contribution in [0.5, 0.6) is 0 Å². The summed E-state index contributed by atoms with van der Waals surface area (Å²) < 4.78 is 28.8. The fourth-order valence-electron chi connectivity index (χ4n) is 5.45. The first-order chi connectivity index (χ1) is 18.4. The molecule has 1 aliphatic heterocycles. The molecule has 1 unspecified atom stereocenters. The van der Waals surface area contributed by atoms with Gasteiger partial charge in [0.2, 0.25) is 0 Å². The van der Waals surface area contributed by atoms with E-state index in [0.29, 0.717) is 11.1 Å². The molecule has 0 bridgehead atoms. The van der Waals surface area contributed by atoms with Crippen LogP contribution in [-0.2, 0) is 22.1 Å². The first-order valence-corrected chi connectivity index (χ1v) is 14.4. The van der Waals surface area contributed by atoms with Gasteiger partial charge >= 0.3 is 0 Å². The smallest absolute Gasteiger partial charge is 0.259 e. The Labute approximate surface area is 222 Å². The number of anilines is 1. The Kier molecular flexibility index (Phi) is 6.12. The number of rotatable bonds is 5. The number of sulfone groups is 1. The molecule has 0 saturated carbocycles. The van der Waals surface area contributed by atoms with Crippen molar-refractivity contribution in [1.29, 1.82) is 0 Å². The van der Waals surface area contributed by atoms with Crippen LogP contribution in [0.15, 0.2) is 119 Å². The Hall–Kier alpha value is -4.16. The van der Waals surface area contributed by atoms with Crippen LogP contribution >= 0.6 is 0 Å². The maximum atomic E-state index is 14.0. The molecule has 0 amide bonds. The summed E-state index contributed by atoms with van der Waals surface area (Å²) >= 11 is 0. The van der Waals surface area contributed by atoms with Gasteiger partial charge in [-0.3, -0.25) is 9.36 Å². The predicted octanol–water partition coefficient (Wildman–Crippen LogP) is 5.89. The van der Waals surface area contributed by atoms with Gasteiger partial charge in [-0.15, -0.1) is 0 Å². The highest BCUT2D eigenvalue weighted by atomic mass is 32.2. The van der Waals surface area contributed by atoms with E-state index in [1.807, 2.05) is 61.5 Å². The second kappa shape index (κ2) is 9.62. The third kappa shape index (κ3) is 4.31. The number of fused-ring (bicyclic) bond motifs is 2. The van der Waals surface area contributed by atoms with Crippen LogP contribution in [0.2, 0.25) is 0 Å². The molecule has 6 rings (SSSR count). The number of para-hydroxylation sites is 1. The lowest BCUT2D eigenvalue weighted by atomic mass is 9.89. The first kappa shape index (κ1) is 24.2. The Morgan fingerprint density at radius 1 is 0.816 bits per heavy atom. The zero-order chi connectivity index (χ0) is 26.3. The average molecular weight is 521 g/mol. The standard InChI is InChI=1S/C32H28N2O3S/c1-23-15-17-27(18-16-23)38(36,37)22-34-30(21-25-10-6-8-14-29(25)32(34)35)31-28-13-7-5-9-24(28)19-20-33(31)26-11-3-2-4-12-26/h2-18,21,31H,19-20,22H2,1H3. The molecule has 0 aliphatic carbocycles. The number of pyridine rings is 1. The summed E-state index contributed by atoms with van der Waals surface area (Å²) in [5.41, 5.74) is 4.66. The summed E-state index contributed by atoms with van der Waals surface area (Å²) in [6.07, 6.45) is 0.862. The van der Waals surface area contributed by atoms with E-state index < -0.39 is 15.7 Å². The Morgan fingerprint density at radius 2 is 1.50 bits per heavy atom. The van der Waals surface area contributed by atoms with Crippen LogP contribution in [0.4, 0.5) is 5.69 Å². The van der Waals surface area contributed by atoms with Gasteiger partial charge in [-0.1, -0.05) is 78.4 Å². The van der Waals surface area contributed by atoms with E-state index in [1.54, 1.807) is 30.3 Å². The number of aryl methyl sites for hydroxylation is 1. The predicted molar refractivity (Wildman–Crippen MR) is 152 cm³/mol. The topological polar surface area (TPSA) is 59.4 Å². The Morgan fingerprint density at radius 3 is 2.29 bits per heavy atom. The number of benzene rings is 4. The monoisotopic (exact) mass is 520 g/mol. The van der Waals surface area contributed by atoms with Crippen molar-refractivity contribution in [3.05, 3.63) is 142 Å². The van der Waals surface area contributed by atoms with Gasteiger partial charge in [0.05, 0.1) is 10.9 Å².